The van der Waals surface area contributed by atoms with Crippen LogP contribution in [0.5, 0.6) is 0 Å². The van der Waals surface area contributed by atoms with E-state index in [2.05, 4.69) is 9.97 Å². The Morgan fingerprint density at radius 1 is 1.32 bits per heavy atom. The maximum Gasteiger partial charge on any atom is 0.259 e. The zero-order valence-corrected chi connectivity index (χ0v) is 15.5. The molecule has 25 heavy (non-hydrogen) atoms. The van der Waals surface area contributed by atoms with Crippen LogP contribution in [0.2, 0.25) is 0 Å². The van der Waals surface area contributed by atoms with Gasteiger partial charge in [0.15, 0.2) is 0 Å². The molecule has 0 saturated carbocycles. The smallest absolute Gasteiger partial charge is 0.259 e. The number of rotatable bonds is 3. The fourth-order valence-corrected chi connectivity index (χ4v) is 4.98. The Morgan fingerprint density at radius 2 is 2.16 bits per heavy atom. The lowest BCUT2D eigenvalue weighted by Crippen LogP contribution is -2.47. The maximum absolute atomic E-state index is 12.4. The van der Waals surface area contributed by atoms with E-state index in [9.17, 15) is 9.59 Å². The molecule has 2 saturated heterocycles. The number of aromatic amines is 1. The molecule has 4 rings (SSSR count). The molecular formula is C18H23N3O3S. The number of nitrogens with one attached hydrogen (secondary N) is 1. The molecule has 0 aromatic carbocycles. The number of amides is 1. The number of ether oxygens (including phenoxy) is 1. The number of fused-ring (bicyclic) bond motifs is 1. The Morgan fingerprint density at radius 3 is 2.92 bits per heavy atom. The molecule has 6 nitrogen and oxygen atoms in total. The van der Waals surface area contributed by atoms with Crippen molar-refractivity contribution in [3.05, 3.63) is 26.6 Å². The van der Waals surface area contributed by atoms with Crippen LogP contribution in [0.25, 0.3) is 10.2 Å². The van der Waals surface area contributed by atoms with Gasteiger partial charge in [0.05, 0.1) is 12.0 Å². The van der Waals surface area contributed by atoms with E-state index in [1.165, 1.54) is 0 Å². The van der Waals surface area contributed by atoms with Gasteiger partial charge in [-0.3, -0.25) is 9.59 Å². The number of hydrogen-bond donors (Lipinski definition) is 1. The SMILES string of the molecule is Cc1sc2nc(CCN3CC4(CCOC4)CCC3=O)[nH]c(=O)c2c1C. The van der Waals surface area contributed by atoms with Gasteiger partial charge >= 0.3 is 0 Å². The molecule has 2 fully saturated rings. The first-order valence-electron chi connectivity index (χ1n) is 8.82. The van der Waals surface area contributed by atoms with Crippen LogP contribution in [0.15, 0.2) is 4.79 Å². The summed E-state index contributed by atoms with van der Waals surface area (Å²) in [5, 5.41) is 0.697. The van der Waals surface area contributed by atoms with Gasteiger partial charge in [-0.25, -0.2) is 4.98 Å². The molecule has 4 heterocycles. The van der Waals surface area contributed by atoms with Crippen LogP contribution in [0.4, 0.5) is 0 Å². The van der Waals surface area contributed by atoms with Gasteiger partial charge in [0.25, 0.3) is 5.56 Å². The minimum Gasteiger partial charge on any atom is -0.381 e. The van der Waals surface area contributed by atoms with Gasteiger partial charge in [-0.05, 0) is 32.3 Å². The van der Waals surface area contributed by atoms with Crippen molar-refractivity contribution in [2.24, 2.45) is 5.41 Å². The van der Waals surface area contributed by atoms with Crippen LogP contribution in [0, 0.1) is 19.3 Å². The van der Waals surface area contributed by atoms with Crippen LogP contribution in [-0.2, 0) is 16.0 Å². The third kappa shape index (κ3) is 3.00. The monoisotopic (exact) mass is 361 g/mol. The summed E-state index contributed by atoms with van der Waals surface area (Å²) in [6.45, 7) is 6.88. The number of nitrogens with zero attached hydrogens (tertiary/aromatic N) is 2. The highest BCUT2D eigenvalue weighted by atomic mass is 32.1. The fraction of sp³-hybridized carbons (Fsp3) is 0.611. The molecule has 0 bridgehead atoms. The van der Waals surface area contributed by atoms with E-state index >= 15 is 0 Å². The second-order valence-electron chi connectivity index (χ2n) is 7.34. The lowest BCUT2D eigenvalue weighted by molar-refractivity contribution is -0.137. The van der Waals surface area contributed by atoms with Crippen molar-refractivity contribution in [1.82, 2.24) is 14.9 Å². The Labute approximate surface area is 150 Å². The average Bonchev–Trinajstić information content (AvgIpc) is 3.14. The summed E-state index contributed by atoms with van der Waals surface area (Å²) in [6.07, 6.45) is 3.13. The van der Waals surface area contributed by atoms with Crippen molar-refractivity contribution in [2.75, 3.05) is 26.3 Å². The number of aromatic nitrogens is 2. The molecule has 1 spiro atoms. The largest absolute Gasteiger partial charge is 0.381 e. The Hall–Kier alpha value is -1.73. The Kier molecular flexibility index (Phi) is 4.16. The topological polar surface area (TPSA) is 75.3 Å². The number of piperidine rings is 1. The summed E-state index contributed by atoms with van der Waals surface area (Å²) in [4.78, 5) is 36.0. The number of aryl methyl sites for hydroxylation is 2. The standard InChI is InChI=1S/C18H23N3O3S/c1-11-12(2)25-17-15(11)16(23)19-13(20-17)4-7-21-9-18(5-3-14(21)22)6-8-24-10-18/h3-10H2,1-2H3,(H,19,20,23). The first-order chi connectivity index (χ1) is 12.0. The van der Waals surface area contributed by atoms with Crippen LogP contribution in [-0.4, -0.2) is 47.1 Å². The van der Waals surface area contributed by atoms with Crippen molar-refractivity contribution in [2.45, 2.75) is 39.5 Å². The molecule has 2 aliphatic heterocycles. The summed E-state index contributed by atoms with van der Waals surface area (Å²) in [6, 6.07) is 0. The van der Waals surface area contributed by atoms with E-state index < -0.39 is 0 Å². The summed E-state index contributed by atoms with van der Waals surface area (Å²) in [5.74, 6) is 0.859. The molecule has 0 aliphatic carbocycles. The highest BCUT2D eigenvalue weighted by Crippen LogP contribution is 2.38. The molecule has 7 heteroatoms. The molecule has 1 amide bonds. The van der Waals surface area contributed by atoms with E-state index in [1.807, 2.05) is 18.7 Å². The zero-order chi connectivity index (χ0) is 17.6. The number of thiophene rings is 1. The Bertz CT molecular complexity index is 880. The minimum atomic E-state index is -0.0764. The third-order valence-corrected chi connectivity index (χ3v) is 6.74. The van der Waals surface area contributed by atoms with E-state index in [0.29, 0.717) is 30.6 Å². The number of hydrogen-bond acceptors (Lipinski definition) is 5. The van der Waals surface area contributed by atoms with E-state index in [-0.39, 0.29) is 16.9 Å². The molecule has 2 aromatic rings. The second kappa shape index (κ2) is 6.21. The van der Waals surface area contributed by atoms with Gasteiger partial charge < -0.3 is 14.6 Å². The van der Waals surface area contributed by atoms with Crippen molar-refractivity contribution in [3.63, 3.8) is 0 Å². The van der Waals surface area contributed by atoms with Gasteiger partial charge in [-0.1, -0.05) is 0 Å². The van der Waals surface area contributed by atoms with Crippen molar-refractivity contribution < 1.29 is 9.53 Å². The average molecular weight is 361 g/mol. The molecule has 2 aliphatic rings. The van der Waals surface area contributed by atoms with Gasteiger partial charge in [-0.2, -0.15) is 0 Å². The van der Waals surface area contributed by atoms with Crippen LogP contribution in [0.3, 0.4) is 0 Å². The van der Waals surface area contributed by atoms with Crippen molar-refractivity contribution >= 4 is 27.5 Å². The zero-order valence-electron chi connectivity index (χ0n) is 14.7. The van der Waals surface area contributed by atoms with Crippen LogP contribution in [0.1, 0.15) is 35.5 Å². The Balaban J connectivity index is 1.51. The molecule has 2 aromatic heterocycles. The van der Waals surface area contributed by atoms with E-state index in [0.717, 1.165) is 47.9 Å². The third-order valence-electron chi connectivity index (χ3n) is 5.64. The van der Waals surface area contributed by atoms with Gasteiger partial charge in [0, 0.05) is 42.8 Å². The summed E-state index contributed by atoms with van der Waals surface area (Å²) < 4.78 is 5.57. The first kappa shape index (κ1) is 16.7. The quantitative estimate of drug-likeness (QED) is 0.909. The fourth-order valence-electron chi connectivity index (χ4n) is 3.94. The van der Waals surface area contributed by atoms with E-state index in [1.54, 1.807) is 11.3 Å². The second-order valence-corrected chi connectivity index (χ2v) is 8.55. The number of likely N-dealkylation sites (tertiary alicyclic amines) is 1. The molecule has 134 valence electrons. The van der Waals surface area contributed by atoms with Crippen LogP contribution < -0.4 is 5.56 Å². The molecule has 1 atom stereocenters. The minimum absolute atomic E-state index is 0.0764. The summed E-state index contributed by atoms with van der Waals surface area (Å²) in [7, 11) is 0. The maximum atomic E-state index is 12.4. The first-order valence-corrected chi connectivity index (χ1v) is 9.63. The molecule has 0 radical (unpaired) electrons. The van der Waals surface area contributed by atoms with Crippen LogP contribution >= 0.6 is 11.3 Å². The van der Waals surface area contributed by atoms with Crippen molar-refractivity contribution in [1.29, 1.82) is 0 Å². The molecule has 1 N–H and O–H groups in total. The van der Waals surface area contributed by atoms with Gasteiger partial charge in [0.1, 0.15) is 10.7 Å². The normalized spacial score (nSPS) is 23.9. The number of H-pyrrole nitrogens is 1. The predicted octanol–water partition coefficient (Wildman–Crippen LogP) is 2.17. The van der Waals surface area contributed by atoms with E-state index in [4.69, 9.17) is 4.74 Å². The summed E-state index contributed by atoms with van der Waals surface area (Å²) in [5.41, 5.74) is 1.07. The lowest BCUT2D eigenvalue weighted by atomic mass is 9.79. The molecular weight excluding hydrogens is 338 g/mol. The highest BCUT2D eigenvalue weighted by molar-refractivity contribution is 7.18. The van der Waals surface area contributed by atoms with Gasteiger partial charge in [-0.15, -0.1) is 11.3 Å². The number of carbonyl (C=O) groups is 1. The van der Waals surface area contributed by atoms with Crippen molar-refractivity contribution in [3.8, 4) is 0 Å². The van der Waals surface area contributed by atoms with Gasteiger partial charge in [0.2, 0.25) is 5.91 Å². The predicted molar refractivity (Wildman–Crippen MR) is 97.1 cm³/mol. The lowest BCUT2D eigenvalue weighted by Gasteiger charge is -2.39. The molecule has 1 unspecified atom stereocenters. The number of carbonyl (C=O) groups excluding carboxylic acids is 1. The summed E-state index contributed by atoms with van der Waals surface area (Å²) >= 11 is 1.56. The highest BCUT2D eigenvalue weighted by Gasteiger charge is 2.41.